The van der Waals surface area contributed by atoms with Crippen LogP contribution in [0.4, 0.5) is 0 Å². The van der Waals surface area contributed by atoms with E-state index in [1.807, 2.05) is 98.8 Å². The van der Waals surface area contributed by atoms with Gasteiger partial charge in [0.1, 0.15) is 54.3 Å². The molecule has 0 saturated carbocycles. The van der Waals surface area contributed by atoms with Crippen molar-refractivity contribution in [2.45, 2.75) is 103 Å². The summed E-state index contributed by atoms with van der Waals surface area (Å²) in [7, 11) is 11.1. The van der Waals surface area contributed by atoms with Crippen molar-refractivity contribution in [2.24, 2.45) is 5.73 Å². The Hall–Kier alpha value is -5.89. The summed E-state index contributed by atoms with van der Waals surface area (Å²) in [6.07, 6.45) is 10.7. The molecule has 0 radical (unpaired) electrons. The Labute approximate surface area is 433 Å². The number of quaternary nitrogens is 1. The first-order valence-electron chi connectivity index (χ1n) is 24.7. The molecule has 5 rings (SSSR count). The van der Waals surface area contributed by atoms with E-state index in [4.69, 9.17) is 34.2 Å². The van der Waals surface area contributed by atoms with E-state index in [1.54, 1.807) is 28.4 Å². The minimum Gasteiger partial charge on any atom is -1.00 e. The van der Waals surface area contributed by atoms with Crippen LogP contribution in [0.2, 0.25) is 0 Å². The average Bonchev–Trinajstić information content (AvgIpc) is 3.39. The van der Waals surface area contributed by atoms with Crippen molar-refractivity contribution < 1.29 is 64.3 Å². The number of amides is 1. The van der Waals surface area contributed by atoms with E-state index in [9.17, 15) is 14.4 Å². The van der Waals surface area contributed by atoms with Gasteiger partial charge in [-0.05, 0) is 78.9 Å². The monoisotopic (exact) mass is 1040 g/mol. The molecule has 1 amide bonds. The van der Waals surface area contributed by atoms with E-state index in [0.29, 0.717) is 53.8 Å². The fourth-order valence-corrected chi connectivity index (χ4v) is 7.99. The van der Waals surface area contributed by atoms with Gasteiger partial charge >= 0.3 is 0 Å². The van der Waals surface area contributed by atoms with Crippen LogP contribution in [0.15, 0.2) is 115 Å². The predicted molar refractivity (Wildman–Crippen MR) is 278 cm³/mol. The molecular formula is C58H78BrN3O9. The molecule has 0 bridgehead atoms. The Morgan fingerprint density at radius 1 is 0.549 bits per heavy atom. The summed E-state index contributed by atoms with van der Waals surface area (Å²) in [5, 5.41) is 3.24. The molecular weight excluding hydrogens is 963 g/mol. The van der Waals surface area contributed by atoms with Crippen molar-refractivity contribution >= 4 is 17.5 Å². The van der Waals surface area contributed by atoms with Gasteiger partial charge in [-0.25, -0.2) is 0 Å². The molecule has 2 atom stereocenters. The maximum absolute atomic E-state index is 13.2. The molecule has 0 saturated heterocycles. The SMILES string of the molecule is CCC(=O)COc1ccc(C(N)c2ccc(OC)cc2OC)cc1.CCC(=O)COc1ccc(C(NC(=O)CCCCCCCCCC[N+](C)(C)Cc2ccccc2)c2ccc(OC)cc2OC)cc1.[Br-]. The number of carbonyl (C=O) groups excluding carboxylic acids is 3. The fourth-order valence-electron chi connectivity index (χ4n) is 7.99. The number of nitrogens with one attached hydrogen (secondary N) is 1. The van der Waals surface area contributed by atoms with Crippen molar-refractivity contribution in [1.29, 1.82) is 0 Å². The smallest absolute Gasteiger partial charge is 0.220 e. The van der Waals surface area contributed by atoms with Crippen molar-refractivity contribution in [3.8, 4) is 34.5 Å². The van der Waals surface area contributed by atoms with Gasteiger partial charge in [0.2, 0.25) is 5.91 Å². The molecule has 0 aliphatic heterocycles. The lowest BCUT2D eigenvalue weighted by atomic mass is 9.97. The second-order valence-corrected chi connectivity index (χ2v) is 18.1. The number of methoxy groups -OCH3 is 4. The van der Waals surface area contributed by atoms with E-state index in [2.05, 4.69) is 49.7 Å². The lowest BCUT2D eigenvalue weighted by Gasteiger charge is -2.30. The van der Waals surface area contributed by atoms with Gasteiger partial charge in [-0.3, -0.25) is 14.4 Å². The van der Waals surface area contributed by atoms with Crippen molar-refractivity contribution in [3.63, 3.8) is 0 Å². The molecule has 12 nitrogen and oxygen atoms in total. The molecule has 5 aromatic carbocycles. The molecule has 3 N–H and O–H groups in total. The molecule has 0 aromatic heterocycles. The third kappa shape index (κ3) is 20.8. The highest BCUT2D eigenvalue weighted by atomic mass is 79.9. The quantitative estimate of drug-likeness (QED) is 0.0342. The van der Waals surface area contributed by atoms with E-state index in [-0.39, 0.29) is 53.7 Å². The number of halogens is 1. The van der Waals surface area contributed by atoms with Crippen LogP contribution in [0, 0.1) is 0 Å². The number of hydrogen-bond donors (Lipinski definition) is 2. The van der Waals surface area contributed by atoms with Gasteiger partial charge in [0.05, 0.1) is 61.2 Å². The number of ether oxygens (including phenoxy) is 6. The van der Waals surface area contributed by atoms with Gasteiger partial charge in [-0.15, -0.1) is 0 Å². The van der Waals surface area contributed by atoms with Gasteiger partial charge in [0, 0.05) is 48.1 Å². The molecule has 0 heterocycles. The van der Waals surface area contributed by atoms with Gasteiger partial charge in [0.25, 0.3) is 0 Å². The van der Waals surface area contributed by atoms with Crippen molar-refractivity contribution in [2.75, 3.05) is 62.3 Å². The largest absolute Gasteiger partial charge is 1.00 e. The lowest BCUT2D eigenvalue weighted by molar-refractivity contribution is -0.903. The lowest BCUT2D eigenvalue weighted by Crippen LogP contribution is -3.00. The second kappa shape index (κ2) is 32.2. The highest BCUT2D eigenvalue weighted by molar-refractivity contribution is 5.80. The van der Waals surface area contributed by atoms with Crippen molar-refractivity contribution in [1.82, 2.24) is 5.32 Å². The van der Waals surface area contributed by atoms with E-state index in [0.717, 1.165) is 52.5 Å². The third-order valence-electron chi connectivity index (χ3n) is 12.2. The number of benzene rings is 5. The standard InChI is InChI=1S/C39H54N2O5.C19H23NO4.BrH/c1-6-33(42)30-46-34-23-21-32(22-24-34)39(36-26-25-35(44-4)28-37(36)45-5)40-38(43)20-16-11-9-7-8-10-12-17-27-41(2,3)29-31-18-14-13-15-19-31;1-4-14(21)12-24-15-7-5-13(6-8-15)19(20)17-10-9-16(22-2)11-18(17)23-3;/h13-15,18-19,21-26,28,39H,6-12,16-17,20,27,29-30H2,1-5H3;5-11,19H,4,12,20H2,1-3H3;1H. The van der Waals surface area contributed by atoms with Crippen LogP contribution in [0.3, 0.4) is 0 Å². The first-order chi connectivity index (χ1) is 33.8. The normalized spacial score (nSPS) is 11.7. The van der Waals surface area contributed by atoms with Crippen LogP contribution in [-0.4, -0.2) is 84.2 Å². The third-order valence-corrected chi connectivity index (χ3v) is 12.2. The number of ketones is 2. The summed E-state index contributed by atoms with van der Waals surface area (Å²) in [6, 6.07) is 36.1. The Bertz CT molecular complexity index is 2330. The summed E-state index contributed by atoms with van der Waals surface area (Å²) in [6.45, 7) is 6.05. The molecule has 386 valence electrons. The van der Waals surface area contributed by atoms with Crippen LogP contribution in [0.25, 0.3) is 0 Å². The number of Topliss-reactive ketones (excluding diaryl/α,β-unsaturated/α-hetero) is 2. The topological polar surface area (TPSA) is 145 Å². The zero-order chi connectivity index (χ0) is 50.7. The van der Waals surface area contributed by atoms with Crippen LogP contribution in [0.5, 0.6) is 34.5 Å². The number of nitrogens with zero attached hydrogens (tertiary/aromatic N) is 1. The van der Waals surface area contributed by atoms with Crippen LogP contribution >= 0.6 is 0 Å². The molecule has 0 aliphatic rings. The summed E-state index contributed by atoms with van der Waals surface area (Å²) in [5.74, 6) is 4.09. The Morgan fingerprint density at radius 2 is 1.00 bits per heavy atom. The predicted octanol–water partition coefficient (Wildman–Crippen LogP) is 8.17. The molecule has 0 spiro atoms. The number of carbonyl (C=O) groups is 3. The second-order valence-electron chi connectivity index (χ2n) is 18.1. The molecule has 2 unspecified atom stereocenters. The van der Waals surface area contributed by atoms with Crippen LogP contribution in [0.1, 0.15) is 124 Å². The number of unbranched alkanes of at least 4 members (excludes halogenated alkanes) is 7. The molecule has 13 heteroatoms. The van der Waals surface area contributed by atoms with Gasteiger partial charge in [-0.1, -0.05) is 101 Å². The van der Waals surface area contributed by atoms with E-state index in [1.165, 1.54) is 44.2 Å². The highest BCUT2D eigenvalue weighted by Gasteiger charge is 2.22. The summed E-state index contributed by atoms with van der Waals surface area (Å²) >= 11 is 0. The first kappa shape index (κ1) is 59.4. The van der Waals surface area contributed by atoms with Crippen molar-refractivity contribution in [3.05, 3.63) is 143 Å². The number of nitrogens with two attached hydrogens (primary N) is 1. The van der Waals surface area contributed by atoms with Gasteiger partial charge in [0.15, 0.2) is 11.6 Å². The van der Waals surface area contributed by atoms with Crippen LogP contribution < -0.4 is 56.5 Å². The van der Waals surface area contributed by atoms with E-state index >= 15 is 0 Å². The highest BCUT2D eigenvalue weighted by Crippen LogP contribution is 2.35. The van der Waals surface area contributed by atoms with Crippen LogP contribution in [-0.2, 0) is 20.9 Å². The Balaban J connectivity index is 0.000000447. The fraction of sp³-hybridized carbons (Fsp3) is 0.431. The molecule has 5 aromatic rings. The summed E-state index contributed by atoms with van der Waals surface area (Å²) in [5.41, 5.74) is 11.3. The maximum atomic E-state index is 13.2. The van der Waals surface area contributed by atoms with Gasteiger partial charge in [-0.2, -0.15) is 0 Å². The minimum absolute atomic E-state index is 0. The Kier molecular flexibility index (Phi) is 26.9. The summed E-state index contributed by atoms with van der Waals surface area (Å²) in [4.78, 5) is 36.1. The van der Waals surface area contributed by atoms with Gasteiger partial charge < -0.3 is 60.9 Å². The number of hydrogen-bond acceptors (Lipinski definition) is 10. The maximum Gasteiger partial charge on any atom is 0.220 e. The Morgan fingerprint density at radius 3 is 1.49 bits per heavy atom. The molecule has 0 aliphatic carbocycles. The zero-order valence-electron chi connectivity index (χ0n) is 43.3. The zero-order valence-corrected chi connectivity index (χ0v) is 44.9. The minimum atomic E-state index is -0.407. The van der Waals surface area contributed by atoms with E-state index < -0.39 is 6.04 Å². The molecule has 0 fully saturated rings. The summed E-state index contributed by atoms with van der Waals surface area (Å²) < 4.78 is 33.8. The molecule has 71 heavy (non-hydrogen) atoms. The first-order valence-corrected chi connectivity index (χ1v) is 24.7. The number of rotatable bonds is 30. The average molecular weight is 1040 g/mol.